The molecule has 0 bridgehead atoms. The number of carbonyl (C=O) groups is 1. The van der Waals surface area contributed by atoms with Crippen molar-refractivity contribution in [3.05, 3.63) is 48.0 Å². The Morgan fingerprint density at radius 3 is 2.65 bits per heavy atom. The summed E-state index contributed by atoms with van der Waals surface area (Å²) in [7, 11) is 0. The highest BCUT2D eigenvalue weighted by atomic mass is 16.4. The third-order valence-electron chi connectivity index (χ3n) is 2.39. The molecule has 0 spiro atoms. The molecular formula is C12H12N2O3. The highest BCUT2D eigenvalue weighted by molar-refractivity contribution is 5.85. The average molecular weight is 232 g/mol. The number of carboxylic acid groups (broad SMARTS) is 1. The minimum absolute atomic E-state index is 0.254. The number of oxazole rings is 1. The normalized spacial score (nSPS) is 10.2. The smallest absolute Gasteiger partial charge is 0.413 e. The number of aromatic nitrogens is 1. The molecule has 17 heavy (non-hydrogen) atoms. The molecule has 0 saturated heterocycles. The molecule has 0 unspecified atom stereocenters. The predicted octanol–water partition coefficient (Wildman–Crippen LogP) is 2.67. The number of rotatable bonds is 3. The zero-order valence-electron chi connectivity index (χ0n) is 9.33. The summed E-state index contributed by atoms with van der Waals surface area (Å²) in [5.41, 5.74) is 0.900. The van der Waals surface area contributed by atoms with Gasteiger partial charge in [-0.1, -0.05) is 30.3 Å². The Balaban J connectivity index is 2.26. The van der Waals surface area contributed by atoms with Gasteiger partial charge in [0.2, 0.25) is 0 Å². The van der Waals surface area contributed by atoms with E-state index in [-0.39, 0.29) is 6.54 Å². The van der Waals surface area contributed by atoms with E-state index in [0.29, 0.717) is 11.6 Å². The molecule has 0 fully saturated rings. The lowest BCUT2D eigenvalue weighted by Crippen LogP contribution is -2.29. The maximum atomic E-state index is 11.2. The summed E-state index contributed by atoms with van der Waals surface area (Å²) in [6, 6.07) is 9.35. The monoisotopic (exact) mass is 232 g/mol. The molecule has 0 aliphatic rings. The van der Waals surface area contributed by atoms with Crippen molar-refractivity contribution >= 4 is 11.9 Å². The first-order valence-electron chi connectivity index (χ1n) is 5.13. The highest BCUT2D eigenvalue weighted by Gasteiger charge is 2.19. The van der Waals surface area contributed by atoms with Crippen LogP contribution in [-0.2, 0) is 6.54 Å². The Kier molecular flexibility index (Phi) is 3.09. The molecule has 5 nitrogen and oxygen atoms in total. The Morgan fingerprint density at radius 1 is 1.41 bits per heavy atom. The highest BCUT2D eigenvalue weighted by Crippen LogP contribution is 2.19. The van der Waals surface area contributed by atoms with Crippen molar-refractivity contribution in [1.29, 1.82) is 0 Å². The van der Waals surface area contributed by atoms with Gasteiger partial charge in [0.05, 0.1) is 6.54 Å². The maximum absolute atomic E-state index is 11.2. The fourth-order valence-corrected chi connectivity index (χ4v) is 1.56. The molecule has 0 atom stereocenters. The fourth-order valence-electron chi connectivity index (χ4n) is 1.56. The summed E-state index contributed by atoms with van der Waals surface area (Å²) in [5.74, 6) is 0.824. The first kappa shape index (κ1) is 11.2. The van der Waals surface area contributed by atoms with Crippen LogP contribution in [0.5, 0.6) is 0 Å². The van der Waals surface area contributed by atoms with Gasteiger partial charge in [0, 0.05) is 0 Å². The van der Waals surface area contributed by atoms with Gasteiger partial charge in [-0.15, -0.1) is 0 Å². The van der Waals surface area contributed by atoms with E-state index in [0.717, 1.165) is 10.5 Å². The number of nitrogens with zero attached hydrogens (tertiary/aromatic N) is 2. The Bertz CT molecular complexity index is 507. The van der Waals surface area contributed by atoms with Crippen LogP contribution >= 0.6 is 0 Å². The summed E-state index contributed by atoms with van der Waals surface area (Å²) in [6.07, 6.45) is 0.192. The van der Waals surface area contributed by atoms with Gasteiger partial charge in [-0.05, 0) is 12.5 Å². The Hall–Kier alpha value is -2.30. The molecule has 1 N–H and O–H groups in total. The number of benzene rings is 1. The Morgan fingerprint density at radius 2 is 2.12 bits per heavy atom. The van der Waals surface area contributed by atoms with Crippen molar-refractivity contribution in [2.45, 2.75) is 13.5 Å². The van der Waals surface area contributed by atoms with Gasteiger partial charge in [0.1, 0.15) is 5.76 Å². The topological polar surface area (TPSA) is 66.6 Å². The number of hydrogen-bond acceptors (Lipinski definition) is 3. The summed E-state index contributed by atoms with van der Waals surface area (Å²) < 4.78 is 5.02. The van der Waals surface area contributed by atoms with Crippen LogP contribution in [0.1, 0.15) is 11.3 Å². The molecule has 1 aromatic heterocycles. The van der Waals surface area contributed by atoms with Crippen LogP contribution in [0.2, 0.25) is 0 Å². The number of anilines is 1. The van der Waals surface area contributed by atoms with Gasteiger partial charge in [0.25, 0.3) is 0 Å². The molecule has 2 rings (SSSR count). The largest absolute Gasteiger partial charge is 0.465 e. The molecule has 88 valence electrons. The van der Waals surface area contributed by atoms with Gasteiger partial charge < -0.3 is 9.52 Å². The fraction of sp³-hybridized carbons (Fsp3) is 0.167. The number of hydrogen-bond donors (Lipinski definition) is 1. The first-order valence-corrected chi connectivity index (χ1v) is 5.13. The van der Waals surface area contributed by atoms with Crippen LogP contribution in [-0.4, -0.2) is 16.2 Å². The molecule has 1 aromatic carbocycles. The molecule has 0 radical (unpaired) electrons. The lowest BCUT2D eigenvalue weighted by atomic mass is 10.2. The van der Waals surface area contributed by atoms with Crippen molar-refractivity contribution in [2.75, 3.05) is 4.90 Å². The Labute approximate surface area is 98.3 Å². The number of amides is 1. The van der Waals surface area contributed by atoms with E-state index >= 15 is 0 Å². The minimum atomic E-state index is -1.05. The second-order valence-electron chi connectivity index (χ2n) is 3.59. The second-order valence-corrected chi connectivity index (χ2v) is 3.59. The van der Waals surface area contributed by atoms with Crippen LogP contribution in [0, 0.1) is 6.92 Å². The van der Waals surface area contributed by atoms with Crippen LogP contribution in [0.15, 0.2) is 41.1 Å². The SMILES string of the molecule is Cc1ocnc1N(Cc1ccccc1)C(=O)O. The van der Waals surface area contributed by atoms with E-state index < -0.39 is 6.09 Å². The molecule has 1 amide bonds. The summed E-state index contributed by atoms with van der Waals surface area (Å²) in [4.78, 5) is 16.3. The van der Waals surface area contributed by atoms with Crippen molar-refractivity contribution in [1.82, 2.24) is 4.98 Å². The zero-order valence-corrected chi connectivity index (χ0v) is 9.33. The van der Waals surface area contributed by atoms with Gasteiger partial charge in [-0.3, -0.25) is 4.90 Å². The first-order chi connectivity index (χ1) is 8.18. The summed E-state index contributed by atoms with van der Waals surface area (Å²) in [6.45, 7) is 1.94. The van der Waals surface area contributed by atoms with Crippen molar-refractivity contribution in [3.63, 3.8) is 0 Å². The van der Waals surface area contributed by atoms with Crippen LogP contribution in [0.3, 0.4) is 0 Å². The average Bonchev–Trinajstić information content (AvgIpc) is 2.73. The molecule has 0 aliphatic carbocycles. The zero-order chi connectivity index (χ0) is 12.3. The minimum Gasteiger partial charge on any atom is -0.465 e. The van der Waals surface area contributed by atoms with E-state index in [9.17, 15) is 9.90 Å². The third kappa shape index (κ3) is 2.44. The quantitative estimate of drug-likeness (QED) is 0.883. The molecule has 2 aromatic rings. The van der Waals surface area contributed by atoms with Crippen LogP contribution in [0.25, 0.3) is 0 Å². The van der Waals surface area contributed by atoms with Gasteiger partial charge >= 0.3 is 6.09 Å². The van der Waals surface area contributed by atoms with E-state index in [1.54, 1.807) is 6.92 Å². The molecule has 5 heteroatoms. The van der Waals surface area contributed by atoms with E-state index in [2.05, 4.69) is 4.98 Å². The number of aryl methyl sites for hydroxylation is 1. The molecule has 0 aliphatic heterocycles. The standard InChI is InChI=1S/C12H12N2O3/c1-9-11(13-8-17-9)14(12(15)16)7-10-5-3-2-4-6-10/h2-6,8H,7H2,1H3,(H,15,16). The van der Waals surface area contributed by atoms with Gasteiger partial charge in [-0.2, -0.15) is 4.98 Å². The lowest BCUT2D eigenvalue weighted by molar-refractivity contribution is 0.201. The molecule has 0 saturated carbocycles. The van der Waals surface area contributed by atoms with E-state index in [1.807, 2.05) is 30.3 Å². The second kappa shape index (κ2) is 4.69. The van der Waals surface area contributed by atoms with E-state index in [1.165, 1.54) is 6.39 Å². The predicted molar refractivity (Wildman–Crippen MR) is 61.9 cm³/mol. The maximum Gasteiger partial charge on any atom is 0.413 e. The van der Waals surface area contributed by atoms with Crippen molar-refractivity contribution in [3.8, 4) is 0 Å². The molecule has 1 heterocycles. The summed E-state index contributed by atoms with van der Waals surface area (Å²) in [5, 5.41) is 9.18. The van der Waals surface area contributed by atoms with Crippen LogP contribution in [0.4, 0.5) is 10.6 Å². The molecular weight excluding hydrogens is 220 g/mol. The van der Waals surface area contributed by atoms with Gasteiger partial charge in [0.15, 0.2) is 12.2 Å². The van der Waals surface area contributed by atoms with Gasteiger partial charge in [-0.25, -0.2) is 4.79 Å². The summed E-state index contributed by atoms with van der Waals surface area (Å²) >= 11 is 0. The third-order valence-corrected chi connectivity index (χ3v) is 2.39. The van der Waals surface area contributed by atoms with Crippen molar-refractivity contribution < 1.29 is 14.3 Å². The van der Waals surface area contributed by atoms with Crippen molar-refractivity contribution in [2.24, 2.45) is 0 Å². The van der Waals surface area contributed by atoms with Crippen LogP contribution < -0.4 is 4.90 Å². The lowest BCUT2D eigenvalue weighted by Gasteiger charge is -2.16. The van der Waals surface area contributed by atoms with E-state index in [4.69, 9.17) is 4.42 Å².